The van der Waals surface area contributed by atoms with Gasteiger partial charge in [-0.25, -0.2) is 23.2 Å². The maximum Gasteiger partial charge on any atom is 0.341 e. The number of carbonyl (C=O) groups is 1. The normalized spacial score (nSPS) is 19.0. The smallest absolute Gasteiger partial charge is 0.341 e. The molecule has 9 nitrogen and oxygen atoms in total. The molecule has 1 atom stereocenters. The molecule has 3 N–H and O–H groups in total. The molecule has 0 amide bonds. The van der Waals surface area contributed by atoms with Crippen molar-refractivity contribution in [2.24, 2.45) is 0 Å². The van der Waals surface area contributed by atoms with Crippen LogP contribution in [-0.4, -0.2) is 43.5 Å². The lowest BCUT2D eigenvalue weighted by atomic mass is 10.1. The number of halogens is 2. The average molecular weight is 416 g/mol. The zero-order valence-electron chi connectivity index (χ0n) is 15.8. The summed E-state index contributed by atoms with van der Waals surface area (Å²) < 4.78 is 34.0. The Morgan fingerprint density at radius 3 is 2.60 bits per heavy atom. The van der Waals surface area contributed by atoms with Gasteiger partial charge in [-0.05, 0) is 19.3 Å². The molecule has 11 heteroatoms. The quantitative estimate of drug-likeness (QED) is 0.624. The highest BCUT2D eigenvalue weighted by atomic mass is 19.1. The maximum atomic E-state index is 15.7. The number of pyridine rings is 1. The molecule has 30 heavy (non-hydrogen) atoms. The molecular formula is C19H18F2N6O3. The molecule has 156 valence electrons. The number of anilines is 2. The fraction of sp³-hybridized carbons (Fsp3) is 0.368. The van der Waals surface area contributed by atoms with Crippen molar-refractivity contribution < 1.29 is 18.7 Å². The second-order valence-electron chi connectivity index (χ2n) is 7.69. The topological polar surface area (TPSA) is 119 Å². The summed E-state index contributed by atoms with van der Waals surface area (Å²) in [5.74, 6) is -3.42. The Morgan fingerprint density at radius 2 is 1.97 bits per heavy atom. The van der Waals surface area contributed by atoms with Crippen LogP contribution in [0.3, 0.4) is 0 Å². The monoisotopic (exact) mass is 416 g/mol. The number of carboxylic acid groups (broad SMARTS) is 1. The minimum absolute atomic E-state index is 0.108. The highest BCUT2D eigenvalue weighted by molar-refractivity contribution is 5.99. The Bertz CT molecular complexity index is 1240. The number of carboxylic acids is 1. The summed E-state index contributed by atoms with van der Waals surface area (Å²) in [5, 5.41) is 13.0. The fourth-order valence-corrected chi connectivity index (χ4v) is 4.19. The van der Waals surface area contributed by atoms with Crippen LogP contribution < -0.4 is 16.1 Å². The van der Waals surface area contributed by atoms with E-state index in [-0.39, 0.29) is 23.3 Å². The van der Waals surface area contributed by atoms with Crippen molar-refractivity contribution in [3.05, 3.63) is 46.3 Å². The van der Waals surface area contributed by atoms with E-state index in [4.69, 9.17) is 5.73 Å². The molecule has 1 aliphatic heterocycles. The molecule has 1 saturated carbocycles. The minimum Gasteiger partial charge on any atom is -0.477 e. The van der Waals surface area contributed by atoms with Crippen molar-refractivity contribution in [1.82, 2.24) is 19.3 Å². The lowest BCUT2D eigenvalue weighted by Gasteiger charge is -2.23. The van der Waals surface area contributed by atoms with E-state index in [1.807, 2.05) is 0 Å². The van der Waals surface area contributed by atoms with Crippen molar-refractivity contribution in [3.8, 4) is 0 Å². The number of nitrogens with zero attached hydrogens (tertiary/aromatic N) is 5. The van der Waals surface area contributed by atoms with E-state index in [1.54, 1.807) is 15.9 Å². The Hall–Kier alpha value is -3.50. The Balaban J connectivity index is 1.71. The van der Waals surface area contributed by atoms with Crippen molar-refractivity contribution in [2.45, 2.75) is 31.3 Å². The molecule has 3 heterocycles. The predicted octanol–water partition coefficient (Wildman–Crippen LogP) is 1.94. The molecule has 1 aliphatic carbocycles. The summed E-state index contributed by atoms with van der Waals surface area (Å²) in [6.45, 7) is 0.660. The first-order valence-corrected chi connectivity index (χ1v) is 9.56. The van der Waals surface area contributed by atoms with Gasteiger partial charge in [0.2, 0.25) is 5.43 Å². The van der Waals surface area contributed by atoms with Crippen LogP contribution in [0.15, 0.2) is 23.6 Å². The van der Waals surface area contributed by atoms with Gasteiger partial charge in [-0.3, -0.25) is 4.79 Å². The highest BCUT2D eigenvalue weighted by Gasteiger charge is 2.35. The molecule has 1 unspecified atom stereocenters. The van der Waals surface area contributed by atoms with E-state index >= 15 is 8.78 Å². The van der Waals surface area contributed by atoms with Gasteiger partial charge in [0.15, 0.2) is 11.6 Å². The van der Waals surface area contributed by atoms with Crippen LogP contribution in [0.1, 0.15) is 41.7 Å². The van der Waals surface area contributed by atoms with Crippen LogP contribution in [0.2, 0.25) is 0 Å². The van der Waals surface area contributed by atoms with Gasteiger partial charge in [0.25, 0.3) is 0 Å². The van der Waals surface area contributed by atoms with Crippen LogP contribution in [0.25, 0.3) is 10.9 Å². The fourth-order valence-electron chi connectivity index (χ4n) is 4.19. The third-order valence-corrected chi connectivity index (χ3v) is 5.83. The van der Waals surface area contributed by atoms with Gasteiger partial charge in [0.1, 0.15) is 23.9 Å². The molecule has 2 fully saturated rings. The number of nitrogens with two attached hydrogens (primary N) is 1. The van der Waals surface area contributed by atoms with Gasteiger partial charge in [-0.15, -0.1) is 0 Å². The van der Waals surface area contributed by atoms with Gasteiger partial charge >= 0.3 is 5.97 Å². The first-order valence-electron chi connectivity index (χ1n) is 9.56. The van der Waals surface area contributed by atoms with Crippen molar-refractivity contribution in [1.29, 1.82) is 0 Å². The Morgan fingerprint density at radius 1 is 1.20 bits per heavy atom. The minimum atomic E-state index is -1.46. The summed E-state index contributed by atoms with van der Waals surface area (Å²) in [6, 6.07) is -0.261. The number of nitrogen functional groups attached to an aromatic ring is 1. The van der Waals surface area contributed by atoms with Crippen LogP contribution in [0.5, 0.6) is 0 Å². The van der Waals surface area contributed by atoms with Crippen LogP contribution in [-0.2, 0) is 0 Å². The van der Waals surface area contributed by atoms with Gasteiger partial charge in [-0.1, -0.05) is 0 Å². The molecule has 1 saturated heterocycles. The summed E-state index contributed by atoms with van der Waals surface area (Å²) in [5.41, 5.74) is 3.41. The van der Waals surface area contributed by atoms with E-state index in [0.717, 1.165) is 6.20 Å². The largest absolute Gasteiger partial charge is 0.477 e. The number of aromatic carboxylic acids is 1. The molecule has 0 radical (unpaired) electrons. The third kappa shape index (κ3) is 2.65. The lowest BCUT2D eigenvalue weighted by molar-refractivity contribution is 0.0695. The van der Waals surface area contributed by atoms with E-state index in [0.29, 0.717) is 32.4 Å². The standard InChI is InChI=1S/C19H18F2N6O3/c20-13-15(22)12-16(26(9-1-2-9)6-11(18(12)28)19(29)30)14(21)17(13)25-4-3-10(5-25)27-8-23-7-24-27/h6-10H,1-5,22H2,(H,29,30). The van der Waals surface area contributed by atoms with Crippen LogP contribution >= 0.6 is 0 Å². The Labute approximate surface area is 168 Å². The number of fused-ring (bicyclic) bond motifs is 1. The molecule has 0 bridgehead atoms. The Kier molecular flexibility index (Phi) is 4.02. The van der Waals surface area contributed by atoms with Crippen molar-refractivity contribution in [2.75, 3.05) is 23.7 Å². The first kappa shape index (κ1) is 18.5. The SMILES string of the molecule is Nc1c(F)c(N2CCC(n3cncn3)C2)c(F)c2c1c(=O)c(C(=O)O)cn2C1CC1. The van der Waals surface area contributed by atoms with E-state index in [1.165, 1.54) is 10.9 Å². The number of rotatable bonds is 4. The van der Waals surface area contributed by atoms with Gasteiger partial charge in [-0.2, -0.15) is 5.10 Å². The second-order valence-corrected chi connectivity index (χ2v) is 7.69. The second kappa shape index (κ2) is 6.51. The zero-order chi connectivity index (χ0) is 21.2. The molecule has 1 aromatic carbocycles. The van der Waals surface area contributed by atoms with Gasteiger partial charge < -0.3 is 20.3 Å². The molecule has 2 aromatic heterocycles. The summed E-state index contributed by atoms with van der Waals surface area (Å²) in [6.07, 6.45) is 6.10. The summed E-state index contributed by atoms with van der Waals surface area (Å²) in [7, 11) is 0. The van der Waals surface area contributed by atoms with Crippen molar-refractivity contribution >= 4 is 28.2 Å². The molecular weight excluding hydrogens is 398 g/mol. The van der Waals surface area contributed by atoms with E-state index in [2.05, 4.69) is 10.1 Å². The summed E-state index contributed by atoms with van der Waals surface area (Å²) >= 11 is 0. The van der Waals surface area contributed by atoms with E-state index in [9.17, 15) is 14.7 Å². The number of benzene rings is 1. The third-order valence-electron chi connectivity index (χ3n) is 5.83. The average Bonchev–Trinajstić information content (AvgIpc) is 3.20. The number of hydrogen-bond acceptors (Lipinski definition) is 6. The molecule has 2 aliphatic rings. The highest BCUT2D eigenvalue weighted by Crippen LogP contribution is 2.42. The maximum absolute atomic E-state index is 15.7. The van der Waals surface area contributed by atoms with Crippen LogP contribution in [0, 0.1) is 11.6 Å². The molecule has 5 rings (SSSR count). The van der Waals surface area contributed by atoms with Gasteiger partial charge in [0.05, 0.1) is 22.6 Å². The first-order chi connectivity index (χ1) is 14.4. The lowest BCUT2D eigenvalue weighted by Crippen LogP contribution is -2.26. The van der Waals surface area contributed by atoms with E-state index < -0.39 is 39.7 Å². The van der Waals surface area contributed by atoms with Crippen molar-refractivity contribution in [3.63, 3.8) is 0 Å². The van der Waals surface area contributed by atoms with Crippen LogP contribution in [0.4, 0.5) is 20.2 Å². The molecule has 3 aromatic rings. The van der Waals surface area contributed by atoms with Gasteiger partial charge in [0, 0.05) is 25.3 Å². The number of aromatic nitrogens is 4. The molecule has 0 spiro atoms. The number of hydrogen-bond donors (Lipinski definition) is 2. The zero-order valence-corrected chi connectivity index (χ0v) is 15.8. The predicted molar refractivity (Wildman–Crippen MR) is 104 cm³/mol. The summed E-state index contributed by atoms with van der Waals surface area (Å²) in [4.78, 5) is 29.6.